The topological polar surface area (TPSA) is 58.2 Å². The lowest BCUT2D eigenvalue weighted by Crippen LogP contribution is -2.32. The SMILES string of the molecule is O=S(=O)(CC1CCCCC1)NCCC1=CCNCC1. The number of hydrogen-bond acceptors (Lipinski definition) is 3. The highest BCUT2D eigenvalue weighted by Crippen LogP contribution is 2.24. The Balaban J connectivity index is 1.69. The van der Waals surface area contributed by atoms with Gasteiger partial charge >= 0.3 is 0 Å². The summed E-state index contributed by atoms with van der Waals surface area (Å²) < 4.78 is 26.8. The zero-order valence-electron chi connectivity index (χ0n) is 11.7. The standard InChI is InChI=1S/C14H26N2O2S/c17-19(18,12-14-4-2-1-3-5-14)16-11-8-13-6-9-15-10-7-13/h6,14-16H,1-5,7-12H2. The largest absolute Gasteiger partial charge is 0.313 e. The second-order valence-corrected chi connectivity index (χ2v) is 7.60. The molecule has 0 bridgehead atoms. The summed E-state index contributed by atoms with van der Waals surface area (Å²) in [6.07, 6.45) is 9.90. The third-order valence-corrected chi connectivity index (χ3v) is 5.66. The van der Waals surface area contributed by atoms with Crippen molar-refractivity contribution in [3.63, 3.8) is 0 Å². The van der Waals surface area contributed by atoms with Gasteiger partial charge in [0.15, 0.2) is 0 Å². The van der Waals surface area contributed by atoms with Crippen molar-refractivity contribution >= 4 is 10.0 Å². The van der Waals surface area contributed by atoms with E-state index in [1.54, 1.807) is 0 Å². The van der Waals surface area contributed by atoms with Crippen molar-refractivity contribution in [1.82, 2.24) is 10.0 Å². The highest BCUT2D eigenvalue weighted by atomic mass is 32.2. The van der Waals surface area contributed by atoms with Crippen molar-refractivity contribution < 1.29 is 8.42 Å². The van der Waals surface area contributed by atoms with Crippen LogP contribution in [0.25, 0.3) is 0 Å². The van der Waals surface area contributed by atoms with E-state index in [-0.39, 0.29) is 0 Å². The highest BCUT2D eigenvalue weighted by molar-refractivity contribution is 7.89. The molecule has 1 aliphatic heterocycles. The molecule has 0 amide bonds. The van der Waals surface area contributed by atoms with Crippen LogP contribution in [0.5, 0.6) is 0 Å². The molecule has 0 aromatic carbocycles. The van der Waals surface area contributed by atoms with Gasteiger partial charge in [0, 0.05) is 13.1 Å². The van der Waals surface area contributed by atoms with Gasteiger partial charge in [0.2, 0.25) is 10.0 Å². The van der Waals surface area contributed by atoms with E-state index in [9.17, 15) is 8.42 Å². The van der Waals surface area contributed by atoms with E-state index in [1.807, 2.05) is 0 Å². The molecule has 0 radical (unpaired) electrons. The highest BCUT2D eigenvalue weighted by Gasteiger charge is 2.20. The van der Waals surface area contributed by atoms with Gasteiger partial charge in [-0.25, -0.2) is 13.1 Å². The molecule has 0 spiro atoms. The van der Waals surface area contributed by atoms with E-state index in [0.717, 1.165) is 38.8 Å². The predicted molar refractivity (Wildman–Crippen MR) is 78.6 cm³/mol. The number of nitrogens with one attached hydrogen (secondary N) is 2. The maximum absolute atomic E-state index is 12.0. The van der Waals surface area contributed by atoms with E-state index in [2.05, 4.69) is 16.1 Å². The molecular weight excluding hydrogens is 260 g/mol. The summed E-state index contributed by atoms with van der Waals surface area (Å²) in [5, 5.41) is 3.26. The molecule has 1 fully saturated rings. The number of rotatable bonds is 6. The Bertz CT molecular complexity index is 398. The van der Waals surface area contributed by atoms with Crippen LogP contribution in [0.1, 0.15) is 44.9 Å². The van der Waals surface area contributed by atoms with E-state index in [1.165, 1.54) is 24.8 Å². The van der Waals surface area contributed by atoms with Crippen LogP contribution in [0.2, 0.25) is 0 Å². The first kappa shape index (κ1) is 15.0. The average Bonchev–Trinajstić information content (AvgIpc) is 2.40. The second-order valence-electron chi connectivity index (χ2n) is 5.75. The van der Waals surface area contributed by atoms with E-state index < -0.39 is 10.0 Å². The monoisotopic (exact) mass is 286 g/mol. The van der Waals surface area contributed by atoms with E-state index >= 15 is 0 Å². The van der Waals surface area contributed by atoms with Crippen molar-refractivity contribution in [2.75, 3.05) is 25.4 Å². The van der Waals surface area contributed by atoms with Gasteiger partial charge in [0.25, 0.3) is 0 Å². The van der Waals surface area contributed by atoms with Gasteiger partial charge in [-0.1, -0.05) is 30.9 Å². The molecule has 2 aliphatic rings. The molecule has 2 N–H and O–H groups in total. The lowest BCUT2D eigenvalue weighted by molar-refractivity contribution is 0.384. The Morgan fingerprint density at radius 2 is 2.05 bits per heavy atom. The first-order valence-electron chi connectivity index (χ1n) is 7.52. The molecule has 1 saturated carbocycles. The van der Waals surface area contributed by atoms with Crippen LogP contribution in [0.4, 0.5) is 0 Å². The third kappa shape index (κ3) is 5.63. The molecule has 0 aromatic rings. The van der Waals surface area contributed by atoms with Gasteiger partial charge < -0.3 is 5.32 Å². The van der Waals surface area contributed by atoms with Crippen molar-refractivity contribution in [3.05, 3.63) is 11.6 Å². The molecule has 0 saturated heterocycles. The van der Waals surface area contributed by atoms with Crippen molar-refractivity contribution in [2.24, 2.45) is 5.92 Å². The van der Waals surface area contributed by atoms with Crippen molar-refractivity contribution in [3.8, 4) is 0 Å². The summed E-state index contributed by atoms with van der Waals surface area (Å²) in [5.41, 5.74) is 1.37. The summed E-state index contributed by atoms with van der Waals surface area (Å²) in [4.78, 5) is 0. The van der Waals surface area contributed by atoms with E-state index in [4.69, 9.17) is 0 Å². The smallest absolute Gasteiger partial charge is 0.211 e. The Labute approximate surface area is 117 Å². The minimum Gasteiger partial charge on any atom is -0.313 e. The molecule has 4 nitrogen and oxygen atoms in total. The quantitative estimate of drug-likeness (QED) is 0.732. The van der Waals surface area contributed by atoms with Gasteiger partial charge in [0.1, 0.15) is 0 Å². The van der Waals surface area contributed by atoms with Gasteiger partial charge in [-0.15, -0.1) is 0 Å². The molecule has 110 valence electrons. The van der Waals surface area contributed by atoms with Crippen LogP contribution in [0.15, 0.2) is 11.6 Å². The van der Waals surface area contributed by atoms with Gasteiger partial charge in [-0.3, -0.25) is 0 Å². The van der Waals surface area contributed by atoms with Crippen molar-refractivity contribution in [2.45, 2.75) is 44.9 Å². The lowest BCUT2D eigenvalue weighted by Gasteiger charge is -2.21. The van der Waals surface area contributed by atoms with Crippen LogP contribution in [-0.2, 0) is 10.0 Å². The van der Waals surface area contributed by atoms with Gasteiger partial charge in [-0.05, 0) is 38.1 Å². The second kappa shape index (κ2) is 7.41. The Hall–Kier alpha value is -0.390. The molecule has 1 heterocycles. The Morgan fingerprint density at radius 3 is 2.74 bits per heavy atom. The fraction of sp³-hybridized carbons (Fsp3) is 0.857. The van der Waals surface area contributed by atoms with Crippen LogP contribution in [-0.4, -0.2) is 33.8 Å². The molecule has 5 heteroatoms. The first-order valence-corrected chi connectivity index (χ1v) is 9.17. The number of sulfonamides is 1. The van der Waals surface area contributed by atoms with Crippen molar-refractivity contribution in [1.29, 1.82) is 0 Å². The molecule has 2 rings (SSSR count). The summed E-state index contributed by atoms with van der Waals surface area (Å²) in [5.74, 6) is 0.706. The number of hydrogen-bond donors (Lipinski definition) is 2. The molecule has 19 heavy (non-hydrogen) atoms. The molecule has 1 aliphatic carbocycles. The predicted octanol–water partition coefficient (Wildman–Crippen LogP) is 1.80. The fourth-order valence-corrected chi connectivity index (χ4v) is 4.47. The van der Waals surface area contributed by atoms with E-state index in [0.29, 0.717) is 18.2 Å². The molecule has 0 aromatic heterocycles. The maximum atomic E-state index is 12.0. The average molecular weight is 286 g/mol. The van der Waals surface area contributed by atoms with Crippen LogP contribution >= 0.6 is 0 Å². The lowest BCUT2D eigenvalue weighted by atomic mass is 9.91. The summed E-state index contributed by atoms with van der Waals surface area (Å²) in [6, 6.07) is 0. The molecule has 0 unspecified atom stereocenters. The van der Waals surface area contributed by atoms with Gasteiger partial charge in [0.05, 0.1) is 5.75 Å². The zero-order chi connectivity index (χ0) is 13.6. The van der Waals surface area contributed by atoms with Gasteiger partial charge in [-0.2, -0.15) is 0 Å². The Morgan fingerprint density at radius 1 is 1.26 bits per heavy atom. The summed E-state index contributed by atoms with van der Waals surface area (Å²) in [7, 11) is -3.07. The van der Waals surface area contributed by atoms with Crippen LogP contribution in [0, 0.1) is 5.92 Å². The molecule has 0 atom stereocenters. The summed E-state index contributed by atoms with van der Waals surface area (Å²) in [6.45, 7) is 2.49. The van der Waals surface area contributed by atoms with Crippen LogP contribution < -0.4 is 10.0 Å². The zero-order valence-corrected chi connectivity index (χ0v) is 12.5. The third-order valence-electron chi connectivity index (χ3n) is 4.11. The minimum absolute atomic E-state index is 0.327. The minimum atomic E-state index is -3.07. The first-order chi connectivity index (χ1) is 9.16. The normalized spacial score (nSPS) is 22.2. The molecular formula is C14H26N2O2S. The Kier molecular flexibility index (Phi) is 5.85. The maximum Gasteiger partial charge on any atom is 0.211 e. The van der Waals surface area contributed by atoms with Crippen LogP contribution in [0.3, 0.4) is 0 Å². The summed E-state index contributed by atoms with van der Waals surface area (Å²) >= 11 is 0. The fourth-order valence-electron chi connectivity index (χ4n) is 2.99.